The number of hydrogen-bond acceptors (Lipinski definition) is 3. The maximum absolute atomic E-state index is 12.8. The van der Waals surface area contributed by atoms with Crippen LogP contribution in [0, 0.1) is 0 Å². The van der Waals surface area contributed by atoms with E-state index in [1.54, 1.807) is 11.9 Å². The lowest BCUT2D eigenvalue weighted by Crippen LogP contribution is -2.26. The molecule has 1 aromatic heterocycles. The third kappa shape index (κ3) is 5.00. The Hall–Kier alpha value is -3.08. The van der Waals surface area contributed by atoms with Gasteiger partial charge in [0.25, 0.3) is 5.91 Å². The van der Waals surface area contributed by atoms with E-state index in [9.17, 15) is 4.79 Å². The van der Waals surface area contributed by atoms with Crippen LogP contribution in [0.4, 0.5) is 0 Å². The molecule has 3 rings (SSSR count). The topological polar surface area (TPSA) is 47.4 Å². The molecule has 3 aromatic rings. The average molecular weight is 377 g/mol. The van der Waals surface area contributed by atoms with E-state index in [2.05, 4.69) is 24.2 Å². The van der Waals surface area contributed by atoms with Crippen LogP contribution in [0.5, 0.6) is 5.75 Å². The molecular formula is C23H27N3O2. The Balaban J connectivity index is 1.61. The van der Waals surface area contributed by atoms with Gasteiger partial charge in [0.1, 0.15) is 12.4 Å². The Labute approximate surface area is 166 Å². The Morgan fingerprint density at radius 1 is 1.07 bits per heavy atom. The van der Waals surface area contributed by atoms with Gasteiger partial charge in [-0.2, -0.15) is 5.10 Å². The van der Waals surface area contributed by atoms with Crippen LogP contribution in [0.25, 0.3) is 0 Å². The van der Waals surface area contributed by atoms with Crippen molar-refractivity contribution >= 4 is 5.91 Å². The highest BCUT2D eigenvalue weighted by atomic mass is 16.5. The largest absolute Gasteiger partial charge is 0.489 e. The van der Waals surface area contributed by atoms with Gasteiger partial charge in [-0.3, -0.25) is 9.48 Å². The van der Waals surface area contributed by atoms with Gasteiger partial charge in [0.15, 0.2) is 0 Å². The molecule has 1 heterocycles. The molecule has 0 fully saturated rings. The van der Waals surface area contributed by atoms with Crippen molar-refractivity contribution in [3.63, 3.8) is 0 Å². The maximum atomic E-state index is 12.8. The number of benzene rings is 2. The second-order valence-electron chi connectivity index (χ2n) is 6.81. The molecule has 0 radical (unpaired) electrons. The molecule has 0 saturated carbocycles. The van der Waals surface area contributed by atoms with Gasteiger partial charge in [-0.25, -0.2) is 0 Å². The molecule has 0 spiro atoms. The fourth-order valence-corrected chi connectivity index (χ4v) is 2.98. The number of ether oxygens (including phenoxy) is 1. The summed E-state index contributed by atoms with van der Waals surface area (Å²) in [6.07, 6.45) is 2.94. The van der Waals surface area contributed by atoms with Crippen molar-refractivity contribution in [2.45, 2.75) is 40.0 Å². The van der Waals surface area contributed by atoms with Crippen LogP contribution >= 0.6 is 0 Å². The fraction of sp³-hybridized carbons (Fsp3) is 0.304. The van der Waals surface area contributed by atoms with E-state index in [4.69, 9.17) is 4.74 Å². The number of aromatic nitrogens is 2. The molecule has 2 aromatic carbocycles. The van der Waals surface area contributed by atoms with Gasteiger partial charge in [0.2, 0.25) is 0 Å². The van der Waals surface area contributed by atoms with Gasteiger partial charge in [-0.1, -0.05) is 31.2 Å². The third-order valence-electron chi connectivity index (χ3n) is 4.68. The minimum absolute atomic E-state index is 0.0276. The summed E-state index contributed by atoms with van der Waals surface area (Å²) >= 11 is 0. The normalized spacial score (nSPS) is 10.7. The van der Waals surface area contributed by atoms with Crippen molar-refractivity contribution in [3.8, 4) is 5.75 Å². The summed E-state index contributed by atoms with van der Waals surface area (Å²) in [5, 5.41) is 4.44. The molecule has 1 amide bonds. The lowest BCUT2D eigenvalue weighted by molar-refractivity contribution is 0.0783. The van der Waals surface area contributed by atoms with Gasteiger partial charge < -0.3 is 9.64 Å². The van der Waals surface area contributed by atoms with Gasteiger partial charge in [0, 0.05) is 25.4 Å². The SMILES string of the molecule is CCc1ccc(OCc2cccc(C(=O)N(C)Cc3ccn(CC)n3)c2)cc1. The summed E-state index contributed by atoms with van der Waals surface area (Å²) in [4.78, 5) is 14.5. The predicted molar refractivity (Wildman–Crippen MR) is 110 cm³/mol. The van der Waals surface area contributed by atoms with E-state index in [-0.39, 0.29) is 5.91 Å². The van der Waals surface area contributed by atoms with Gasteiger partial charge in [0.05, 0.1) is 12.2 Å². The summed E-state index contributed by atoms with van der Waals surface area (Å²) in [6.45, 7) is 5.90. The van der Waals surface area contributed by atoms with Gasteiger partial charge in [-0.05, 0) is 54.8 Å². The number of rotatable bonds is 8. The highest BCUT2D eigenvalue weighted by Gasteiger charge is 2.14. The Kier molecular flexibility index (Phi) is 6.48. The predicted octanol–water partition coefficient (Wildman–Crippen LogP) is 4.32. The Bertz CT molecular complexity index is 916. The van der Waals surface area contributed by atoms with Crippen LogP contribution in [0.2, 0.25) is 0 Å². The second kappa shape index (κ2) is 9.22. The number of amides is 1. The van der Waals surface area contributed by atoms with Crippen LogP contribution in [-0.4, -0.2) is 27.6 Å². The van der Waals surface area contributed by atoms with Crippen molar-refractivity contribution in [1.82, 2.24) is 14.7 Å². The van der Waals surface area contributed by atoms with Crippen LogP contribution in [0.3, 0.4) is 0 Å². The van der Waals surface area contributed by atoms with Crippen molar-refractivity contribution in [2.24, 2.45) is 0 Å². The summed E-state index contributed by atoms with van der Waals surface area (Å²) in [5.41, 5.74) is 3.79. The maximum Gasteiger partial charge on any atom is 0.253 e. The summed E-state index contributed by atoms with van der Waals surface area (Å²) < 4.78 is 7.72. The van der Waals surface area contributed by atoms with Crippen LogP contribution in [-0.2, 0) is 26.1 Å². The van der Waals surface area contributed by atoms with Gasteiger partial charge >= 0.3 is 0 Å². The molecule has 0 atom stereocenters. The van der Waals surface area contributed by atoms with Crippen molar-refractivity contribution in [2.75, 3.05) is 7.05 Å². The molecule has 0 aliphatic heterocycles. The molecule has 0 bridgehead atoms. The zero-order chi connectivity index (χ0) is 19.9. The number of nitrogens with zero attached hydrogens (tertiary/aromatic N) is 3. The van der Waals surface area contributed by atoms with Crippen LogP contribution < -0.4 is 4.74 Å². The van der Waals surface area contributed by atoms with E-state index >= 15 is 0 Å². The van der Waals surface area contributed by atoms with E-state index < -0.39 is 0 Å². The average Bonchev–Trinajstić information content (AvgIpc) is 3.19. The monoisotopic (exact) mass is 377 g/mol. The molecule has 0 saturated heterocycles. The molecule has 0 N–H and O–H groups in total. The van der Waals surface area contributed by atoms with Crippen molar-refractivity contribution < 1.29 is 9.53 Å². The minimum atomic E-state index is -0.0276. The van der Waals surface area contributed by atoms with E-state index in [0.717, 1.165) is 30.0 Å². The Morgan fingerprint density at radius 2 is 1.86 bits per heavy atom. The molecule has 28 heavy (non-hydrogen) atoms. The Morgan fingerprint density at radius 3 is 2.54 bits per heavy atom. The summed E-state index contributed by atoms with van der Waals surface area (Å²) in [7, 11) is 1.80. The van der Waals surface area contributed by atoms with Crippen molar-refractivity contribution in [1.29, 1.82) is 0 Å². The molecule has 5 heteroatoms. The quantitative estimate of drug-likeness (QED) is 0.587. The van der Waals surface area contributed by atoms with Crippen LogP contribution in [0.1, 0.15) is 41.0 Å². The zero-order valence-electron chi connectivity index (χ0n) is 16.8. The zero-order valence-corrected chi connectivity index (χ0v) is 16.8. The first-order chi connectivity index (χ1) is 13.6. The standard InChI is InChI=1S/C23H27N3O2/c1-4-18-9-11-22(12-10-18)28-17-19-7-6-8-20(15-19)23(27)25(3)16-21-13-14-26(5-2)24-21/h6-15H,4-5,16-17H2,1-3H3. The smallest absolute Gasteiger partial charge is 0.253 e. The van der Waals surface area contributed by atoms with E-state index in [1.165, 1.54) is 5.56 Å². The number of aryl methyl sites for hydroxylation is 2. The lowest BCUT2D eigenvalue weighted by Gasteiger charge is -2.16. The lowest BCUT2D eigenvalue weighted by atomic mass is 10.1. The van der Waals surface area contributed by atoms with E-state index in [0.29, 0.717) is 18.7 Å². The highest BCUT2D eigenvalue weighted by Crippen LogP contribution is 2.16. The van der Waals surface area contributed by atoms with Crippen LogP contribution in [0.15, 0.2) is 60.8 Å². The summed E-state index contributed by atoms with van der Waals surface area (Å²) in [5.74, 6) is 0.803. The number of hydrogen-bond donors (Lipinski definition) is 0. The first kappa shape index (κ1) is 19.7. The molecular weight excluding hydrogens is 350 g/mol. The number of carbonyl (C=O) groups is 1. The van der Waals surface area contributed by atoms with E-state index in [1.807, 2.05) is 60.3 Å². The van der Waals surface area contributed by atoms with Gasteiger partial charge in [-0.15, -0.1) is 0 Å². The molecule has 0 aliphatic rings. The molecule has 0 aliphatic carbocycles. The second-order valence-corrected chi connectivity index (χ2v) is 6.81. The van der Waals surface area contributed by atoms with Crippen molar-refractivity contribution in [3.05, 3.63) is 83.2 Å². The molecule has 146 valence electrons. The third-order valence-corrected chi connectivity index (χ3v) is 4.68. The highest BCUT2D eigenvalue weighted by molar-refractivity contribution is 5.94. The first-order valence-corrected chi connectivity index (χ1v) is 9.67. The minimum Gasteiger partial charge on any atom is -0.489 e. The molecule has 0 unspecified atom stereocenters. The fourth-order valence-electron chi connectivity index (χ4n) is 2.98. The number of carbonyl (C=O) groups excluding carboxylic acids is 1. The summed E-state index contributed by atoms with van der Waals surface area (Å²) in [6, 6.07) is 17.7. The first-order valence-electron chi connectivity index (χ1n) is 9.67. The molecule has 5 nitrogen and oxygen atoms in total.